The Balaban J connectivity index is 1.65. The third-order valence-electron chi connectivity index (χ3n) is 5.95. The minimum atomic E-state index is -0.544. The summed E-state index contributed by atoms with van der Waals surface area (Å²) in [4.78, 5) is 27.9. The van der Waals surface area contributed by atoms with Crippen molar-refractivity contribution in [1.82, 2.24) is 14.7 Å². The molecule has 1 atom stereocenters. The van der Waals surface area contributed by atoms with E-state index in [1.165, 1.54) is 0 Å². The number of nitrogens with zero attached hydrogens (tertiary/aromatic N) is 3. The molecule has 1 aliphatic heterocycles. The minimum absolute atomic E-state index is 0.0933. The molecule has 0 spiro atoms. The molecule has 0 bridgehead atoms. The van der Waals surface area contributed by atoms with Crippen molar-refractivity contribution in [3.8, 4) is 0 Å². The lowest BCUT2D eigenvalue weighted by Gasteiger charge is -2.23. The Morgan fingerprint density at radius 3 is 2.57 bits per heavy atom. The average molecular weight is 385 g/mol. The SMILES string of the molecule is Cc1cc(C2CCOC2)oc(=O)c1C(=O)N(Cc1c(C)nn(C)c1C)C1CC1. The minimum Gasteiger partial charge on any atom is -0.427 e. The Labute approximate surface area is 164 Å². The van der Waals surface area contributed by atoms with Gasteiger partial charge < -0.3 is 14.1 Å². The van der Waals surface area contributed by atoms with Crippen LogP contribution in [-0.2, 0) is 18.3 Å². The molecule has 1 saturated carbocycles. The van der Waals surface area contributed by atoms with E-state index in [-0.39, 0.29) is 23.4 Å². The molecule has 0 radical (unpaired) electrons. The van der Waals surface area contributed by atoms with Crippen molar-refractivity contribution in [1.29, 1.82) is 0 Å². The van der Waals surface area contributed by atoms with E-state index in [9.17, 15) is 9.59 Å². The Morgan fingerprint density at radius 2 is 2.04 bits per heavy atom. The molecule has 3 heterocycles. The second-order valence-electron chi connectivity index (χ2n) is 7.99. The quantitative estimate of drug-likeness (QED) is 0.791. The number of amides is 1. The number of aryl methyl sites for hydroxylation is 3. The Kier molecular flexibility index (Phi) is 4.87. The van der Waals surface area contributed by atoms with Crippen molar-refractivity contribution < 1.29 is 13.9 Å². The fourth-order valence-corrected chi connectivity index (χ4v) is 3.96. The van der Waals surface area contributed by atoms with Crippen molar-refractivity contribution in [3.63, 3.8) is 0 Å². The van der Waals surface area contributed by atoms with Crippen molar-refractivity contribution in [3.05, 3.63) is 50.3 Å². The van der Waals surface area contributed by atoms with Gasteiger partial charge in [0.2, 0.25) is 0 Å². The van der Waals surface area contributed by atoms with Gasteiger partial charge in [-0.15, -0.1) is 0 Å². The number of hydrogen-bond acceptors (Lipinski definition) is 5. The van der Waals surface area contributed by atoms with Gasteiger partial charge in [-0.05, 0) is 51.7 Å². The number of aromatic nitrogens is 2. The first-order valence-electron chi connectivity index (χ1n) is 9.89. The van der Waals surface area contributed by atoms with Crippen LogP contribution in [0.3, 0.4) is 0 Å². The molecule has 0 aromatic carbocycles. The first-order valence-corrected chi connectivity index (χ1v) is 9.89. The number of hydrogen-bond donors (Lipinski definition) is 0. The van der Waals surface area contributed by atoms with Gasteiger partial charge in [0.15, 0.2) is 0 Å². The molecule has 1 unspecified atom stereocenters. The number of ether oxygens (including phenoxy) is 1. The van der Waals surface area contributed by atoms with E-state index in [4.69, 9.17) is 9.15 Å². The van der Waals surface area contributed by atoms with E-state index in [0.29, 0.717) is 31.1 Å². The van der Waals surface area contributed by atoms with E-state index in [1.807, 2.05) is 43.5 Å². The molecule has 150 valence electrons. The summed E-state index contributed by atoms with van der Waals surface area (Å²) in [6.07, 6.45) is 2.77. The molecule has 2 aromatic heterocycles. The van der Waals surface area contributed by atoms with Gasteiger partial charge in [-0.25, -0.2) is 4.79 Å². The van der Waals surface area contributed by atoms with E-state index in [2.05, 4.69) is 5.10 Å². The number of carbonyl (C=O) groups excluding carboxylic acids is 1. The molecule has 4 rings (SSSR count). The molecule has 0 N–H and O–H groups in total. The number of carbonyl (C=O) groups is 1. The van der Waals surface area contributed by atoms with E-state index in [1.54, 1.807) is 0 Å². The molecule has 7 heteroatoms. The summed E-state index contributed by atoms with van der Waals surface area (Å²) in [5, 5.41) is 4.45. The normalized spacial score (nSPS) is 19.2. The fraction of sp³-hybridized carbons (Fsp3) is 0.571. The summed E-state index contributed by atoms with van der Waals surface area (Å²) in [6, 6.07) is 2.01. The Hall–Kier alpha value is -2.41. The van der Waals surface area contributed by atoms with E-state index < -0.39 is 5.63 Å². The highest BCUT2D eigenvalue weighted by Gasteiger charge is 2.36. The predicted molar refractivity (Wildman–Crippen MR) is 103 cm³/mol. The summed E-state index contributed by atoms with van der Waals surface area (Å²) in [6.45, 7) is 7.47. The second kappa shape index (κ2) is 7.20. The van der Waals surface area contributed by atoms with E-state index in [0.717, 1.165) is 36.2 Å². The van der Waals surface area contributed by atoms with Crippen LogP contribution < -0.4 is 5.63 Å². The molecule has 2 aromatic rings. The van der Waals surface area contributed by atoms with Gasteiger partial charge in [0.25, 0.3) is 5.91 Å². The van der Waals surface area contributed by atoms with Gasteiger partial charge in [0.05, 0.1) is 12.3 Å². The summed E-state index contributed by atoms with van der Waals surface area (Å²) in [5.74, 6) is 0.467. The summed E-state index contributed by atoms with van der Waals surface area (Å²) >= 11 is 0. The lowest BCUT2D eigenvalue weighted by molar-refractivity contribution is 0.0723. The van der Waals surface area contributed by atoms with Crippen LogP contribution in [0.5, 0.6) is 0 Å². The van der Waals surface area contributed by atoms with Crippen LogP contribution in [0.15, 0.2) is 15.3 Å². The van der Waals surface area contributed by atoms with Gasteiger partial charge in [-0.1, -0.05) is 0 Å². The molecule has 1 amide bonds. The highest BCUT2D eigenvalue weighted by atomic mass is 16.5. The maximum atomic E-state index is 13.3. The van der Waals surface area contributed by atoms with Crippen molar-refractivity contribution in [2.45, 2.75) is 58.5 Å². The van der Waals surface area contributed by atoms with Crippen LogP contribution in [0.4, 0.5) is 0 Å². The van der Waals surface area contributed by atoms with Crippen molar-refractivity contribution in [2.75, 3.05) is 13.2 Å². The lowest BCUT2D eigenvalue weighted by Crippen LogP contribution is -2.36. The zero-order valence-electron chi connectivity index (χ0n) is 16.9. The highest BCUT2D eigenvalue weighted by molar-refractivity contribution is 5.95. The third kappa shape index (κ3) is 3.39. The maximum absolute atomic E-state index is 13.3. The van der Waals surface area contributed by atoms with E-state index >= 15 is 0 Å². The van der Waals surface area contributed by atoms with Crippen molar-refractivity contribution in [2.24, 2.45) is 7.05 Å². The van der Waals surface area contributed by atoms with Crippen LogP contribution in [0.2, 0.25) is 0 Å². The fourth-order valence-electron chi connectivity index (χ4n) is 3.96. The Morgan fingerprint density at radius 1 is 1.29 bits per heavy atom. The summed E-state index contributed by atoms with van der Waals surface area (Å²) < 4.78 is 12.8. The molecule has 1 saturated heterocycles. The molecule has 2 aliphatic rings. The van der Waals surface area contributed by atoms with Crippen LogP contribution in [-0.4, -0.2) is 39.8 Å². The lowest BCUT2D eigenvalue weighted by atomic mass is 10.0. The summed E-state index contributed by atoms with van der Waals surface area (Å²) in [7, 11) is 1.90. The zero-order chi connectivity index (χ0) is 20.0. The molecule has 28 heavy (non-hydrogen) atoms. The van der Waals surface area contributed by atoms with Crippen LogP contribution in [0, 0.1) is 20.8 Å². The average Bonchev–Trinajstić information content (AvgIpc) is 3.26. The molecular formula is C21H27N3O4. The highest BCUT2D eigenvalue weighted by Crippen LogP contribution is 2.32. The van der Waals surface area contributed by atoms with Gasteiger partial charge in [-0.3, -0.25) is 9.48 Å². The van der Waals surface area contributed by atoms with Gasteiger partial charge >= 0.3 is 5.63 Å². The molecule has 2 fully saturated rings. The number of rotatable bonds is 5. The standard InChI is InChI=1S/C21H27N3O4/c1-12-9-18(15-7-8-27-11-15)28-21(26)19(12)20(25)24(16-5-6-16)10-17-13(2)22-23(4)14(17)3/h9,15-16H,5-8,10-11H2,1-4H3. The topological polar surface area (TPSA) is 77.6 Å². The molecule has 7 nitrogen and oxygen atoms in total. The largest absolute Gasteiger partial charge is 0.427 e. The van der Waals surface area contributed by atoms with Crippen LogP contribution in [0.25, 0.3) is 0 Å². The monoisotopic (exact) mass is 385 g/mol. The van der Waals surface area contributed by atoms with Crippen LogP contribution >= 0.6 is 0 Å². The van der Waals surface area contributed by atoms with Gasteiger partial charge in [-0.2, -0.15) is 5.10 Å². The maximum Gasteiger partial charge on any atom is 0.349 e. The van der Waals surface area contributed by atoms with Crippen molar-refractivity contribution >= 4 is 5.91 Å². The third-order valence-corrected chi connectivity index (χ3v) is 5.95. The summed E-state index contributed by atoms with van der Waals surface area (Å²) in [5.41, 5.74) is 3.28. The smallest absolute Gasteiger partial charge is 0.349 e. The molecule has 1 aliphatic carbocycles. The second-order valence-corrected chi connectivity index (χ2v) is 7.99. The zero-order valence-corrected chi connectivity index (χ0v) is 16.9. The Bertz CT molecular complexity index is 965. The van der Waals surface area contributed by atoms with Crippen LogP contribution in [0.1, 0.15) is 63.8 Å². The predicted octanol–water partition coefficient (Wildman–Crippen LogP) is 2.61. The van der Waals surface area contributed by atoms with Gasteiger partial charge in [0, 0.05) is 43.4 Å². The van der Waals surface area contributed by atoms with Gasteiger partial charge in [0.1, 0.15) is 11.3 Å². The first-order chi connectivity index (χ1) is 13.4. The first kappa shape index (κ1) is 18.9. The molecular weight excluding hydrogens is 358 g/mol.